The van der Waals surface area contributed by atoms with Gasteiger partial charge >= 0.3 is 0 Å². The lowest BCUT2D eigenvalue weighted by atomic mass is 9.76. The summed E-state index contributed by atoms with van der Waals surface area (Å²) in [6.45, 7) is 6.26. The first kappa shape index (κ1) is 16.0. The van der Waals surface area contributed by atoms with Crippen molar-refractivity contribution >= 4 is 15.9 Å². The highest BCUT2D eigenvalue weighted by Crippen LogP contribution is 2.49. The molecule has 4 nitrogen and oxygen atoms in total. The van der Waals surface area contributed by atoms with Crippen molar-refractivity contribution < 1.29 is 4.74 Å². The Balaban J connectivity index is 2.29. The molecule has 1 N–H and O–H groups in total. The molecule has 5 heteroatoms. The van der Waals surface area contributed by atoms with E-state index in [9.17, 15) is 0 Å². The summed E-state index contributed by atoms with van der Waals surface area (Å²) in [5.41, 5.74) is 1.63. The Labute approximate surface area is 130 Å². The Bertz CT molecular complexity index is 444. The van der Waals surface area contributed by atoms with E-state index >= 15 is 0 Å². The quantitative estimate of drug-likeness (QED) is 0.860. The maximum atomic E-state index is 5.19. The lowest BCUT2D eigenvalue weighted by Crippen LogP contribution is -2.34. The first-order chi connectivity index (χ1) is 9.51. The monoisotopic (exact) mass is 343 g/mol. The zero-order valence-electron chi connectivity index (χ0n) is 12.9. The van der Waals surface area contributed by atoms with Gasteiger partial charge in [-0.15, -0.1) is 0 Å². The van der Waals surface area contributed by atoms with E-state index in [2.05, 4.69) is 51.9 Å². The molecule has 1 saturated carbocycles. The molecule has 20 heavy (non-hydrogen) atoms. The fourth-order valence-electron chi connectivity index (χ4n) is 3.54. The van der Waals surface area contributed by atoms with Crippen molar-refractivity contribution in [2.45, 2.75) is 45.7 Å². The molecule has 0 radical (unpaired) electrons. The number of halogens is 1. The summed E-state index contributed by atoms with van der Waals surface area (Å²) in [5, 5.41) is 8.02. The topological polar surface area (TPSA) is 39.1 Å². The standard InChI is InChI=1S/C15H26BrN3O/c1-15(2)7-5-6-11(15)13(17-3)14-12(16)10-18-19(14)8-9-20-4/h10-11,13,17H,5-9H2,1-4H3. The van der Waals surface area contributed by atoms with Gasteiger partial charge in [0.25, 0.3) is 0 Å². The largest absolute Gasteiger partial charge is 0.383 e. The third-order valence-corrected chi connectivity index (χ3v) is 5.30. The van der Waals surface area contributed by atoms with E-state index in [1.807, 2.05) is 6.20 Å². The van der Waals surface area contributed by atoms with Crippen LogP contribution in [0.3, 0.4) is 0 Å². The van der Waals surface area contributed by atoms with Crippen molar-refractivity contribution in [1.82, 2.24) is 15.1 Å². The van der Waals surface area contributed by atoms with E-state index in [0.717, 1.165) is 11.0 Å². The predicted molar refractivity (Wildman–Crippen MR) is 84.7 cm³/mol. The minimum Gasteiger partial charge on any atom is -0.383 e. The Morgan fingerprint density at radius 2 is 2.35 bits per heavy atom. The van der Waals surface area contributed by atoms with E-state index in [1.165, 1.54) is 25.0 Å². The second-order valence-corrected chi connectivity index (χ2v) is 7.20. The Hall–Kier alpha value is -0.390. The molecule has 1 aromatic heterocycles. The molecular formula is C15H26BrN3O. The maximum absolute atomic E-state index is 5.19. The Kier molecular flexibility index (Phi) is 5.26. The van der Waals surface area contributed by atoms with Crippen LogP contribution < -0.4 is 5.32 Å². The number of ether oxygens (including phenoxy) is 1. The molecule has 2 unspecified atom stereocenters. The van der Waals surface area contributed by atoms with E-state index in [-0.39, 0.29) is 0 Å². The molecule has 0 spiro atoms. The molecule has 0 bridgehead atoms. The molecule has 1 aromatic rings. The number of nitrogens with zero attached hydrogens (tertiary/aromatic N) is 2. The smallest absolute Gasteiger partial charge is 0.0699 e. The van der Waals surface area contributed by atoms with Crippen molar-refractivity contribution in [1.29, 1.82) is 0 Å². The van der Waals surface area contributed by atoms with Crippen molar-refractivity contribution in [3.8, 4) is 0 Å². The summed E-state index contributed by atoms with van der Waals surface area (Å²) in [4.78, 5) is 0. The van der Waals surface area contributed by atoms with Gasteiger partial charge in [0.2, 0.25) is 0 Å². The van der Waals surface area contributed by atoms with Gasteiger partial charge in [0, 0.05) is 7.11 Å². The van der Waals surface area contributed by atoms with Crippen LogP contribution in [0.1, 0.15) is 44.8 Å². The van der Waals surface area contributed by atoms with Gasteiger partial charge in [-0.2, -0.15) is 5.10 Å². The Morgan fingerprint density at radius 1 is 1.60 bits per heavy atom. The van der Waals surface area contributed by atoms with Crippen LogP contribution in [0, 0.1) is 11.3 Å². The van der Waals surface area contributed by atoms with Crippen molar-refractivity contribution in [2.24, 2.45) is 11.3 Å². The average Bonchev–Trinajstić information content (AvgIpc) is 2.93. The first-order valence-electron chi connectivity index (χ1n) is 7.38. The summed E-state index contributed by atoms with van der Waals surface area (Å²) in [7, 11) is 3.78. The van der Waals surface area contributed by atoms with Gasteiger partial charge in [0.1, 0.15) is 0 Å². The van der Waals surface area contributed by atoms with Gasteiger partial charge in [-0.25, -0.2) is 0 Å². The number of hydrogen-bond donors (Lipinski definition) is 1. The minimum atomic E-state index is 0.334. The number of aromatic nitrogens is 2. The van der Waals surface area contributed by atoms with Crippen LogP contribution in [0.2, 0.25) is 0 Å². The second kappa shape index (κ2) is 6.58. The average molecular weight is 344 g/mol. The zero-order chi connectivity index (χ0) is 14.8. The highest BCUT2D eigenvalue weighted by Gasteiger charge is 2.41. The van der Waals surface area contributed by atoms with Crippen molar-refractivity contribution in [2.75, 3.05) is 20.8 Å². The van der Waals surface area contributed by atoms with Crippen LogP contribution in [-0.2, 0) is 11.3 Å². The molecule has 0 amide bonds. The minimum absolute atomic E-state index is 0.334. The van der Waals surface area contributed by atoms with Gasteiger partial charge in [-0.05, 0) is 47.2 Å². The highest BCUT2D eigenvalue weighted by molar-refractivity contribution is 9.10. The van der Waals surface area contributed by atoms with E-state index in [4.69, 9.17) is 4.74 Å². The molecule has 1 aliphatic rings. The number of methoxy groups -OCH3 is 1. The lowest BCUT2D eigenvalue weighted by molar-refractivity contribution is 0.172. The number of nitrogens with one attached hydrogen (secondary N) is 1. The Morgan fingerprint density at radius 3 is 2.90 bits per heavy atom. The fourth-order valence-corrected chi connectivity index (χ4v) is 4.08. The van der Waals surface area contributed by atoms with Gasteiger partial charge in [-0.3, -0.25) is 4.68 Å². The number of rotatable bonds is 6. The van der Waals surface area contributed by atoms with Crippen LogP contribution >= 0.6 is 15.9 Å². The SMILES string of the molecule is CNC(c1c(Br)cnn1CCOC)C1CCCC1(C)C. The van der Waals surface area contributed by atoms with Gasteiger partial charge in [0.05, 0.1) is 35.6 Å². The lowest BCUT2D eigenvalue weighted by Gasteiger charge is -2.34. The van der Waals surface area contributed by atoms with E-state index in [1.54, 1.807) is 7.11 Å². The molecule has 1 aliphatic carbocycles. The summed E-state index contributed by atoms with van der Waals surface area (Å²) in [5.74, 6) is 0.641. The molecule has 0 aliphatic heterocycles. The van der Waals surface area contributed by atoms with Crippen LogP contribution in [0.25, 0.3) is 0 Å². The molecule has 0 saturated heterocycles. The predicted octanol–water partition coefficient (Wildman–Crippen LogP) is 3.38. The first-order valence-corrected chi connectivity index (χ1v) is 8.18. The fraction of sp³-hybridized carbons (Fsp3) is 0.800. The van der Waals surface area contributed by atoms with Gasteiger partial charge < -0.3 is 10.1 Å². The van der Waals surface area contributed by atoms with Crippen LogP contribution in [-0.4, -0.2) is 30.5 Å². The zero-order valence-corrected chi connectivity index (χ0v) is 14.5. The summed E-state index contributed by atoms with van der Waals surface area (Å²) >= 11 is 3.67. The van der Waals surface area contributed by atoms with Crippen LogP contribution in [0.15, 0.2) is 10.7 Å². The normalized spacial score (nSPS) is 23.1. The summed E-state index contributed by atoms with van der Waals surface area (Å²) in [6, 6.07) is 0.334. The van der Waals surface area contributed by atoms with E-state index in [0.29, 0.717) is 24.0 Å². The van der Waals surface area contributed by atoms with Crippen LogP contribution in [0.5, 0.6) is 0 Å². The third kappa shape index (κ3) is 3.10. The molecule has 1 fully saturated rings. The third-order valence-electron chi connectivity index (χ3n) is 4.69. The molecule has 1 heterocycles. The number of hydrogen-bond acceptors (Lipinski definition) is 3. The molecular weight excluding hydrogens is 318 g/mol. The summed E-state index contributed by atoms with van der Waals surface area (Å²) in [6.07, 6.45) is 5.80. The van der Waals surface area contributed by atoms with Gasteiger partial charge in [-0.1, -0.05) is 20.3 Å². The van der Waals surface area contributed by atoms with Crippen molar-refractivity contribution in [3.63, 3.8) is 0 Å². The maximum Gasteiger partial charge on any atom is 0.0699 e. The molecule has 2 atom stereocenters. The van der Waals surface area contributed by atoms with Crippen LogP contribution in [0.4, 0.5) is 0 Å². The van der Waals surface area contributed by atoms with Crippen molar-refractivity contribution in [3.05, 3.63) is 16.4 Å². The summed E-state index contributed by atoms with van der Waals surface area (Å²) < 4.78 is 8.36. The van der Waals surface area contributed by atoms with Gasteiger partial charge in [0.15, 0.2) is 0 Å². The second-order valence-electron chi connectivity index (χ2n) is 6.35. The molecule has 0 aromatic carbocycles. The molecule has 114 valence electrons. The molecule has 2 rings (SSSR count). The van der Waals surface area contributed by atoms with E-state index < -0.39 is 0 Å². The highest BCUT2D eigenvalue weighted by atomic mass is 79.9.